The van der Waals surface area contributed by atoms with Crippen LogP contribution in [0.15, 0.2) is 30.3 Å². The average Bonchev–Trinajstić information content (AvgIpc) is 3.03. The number of ether oxygens (including phenoxy) is 1. The molecular weight excluding hydrogens is 240 g/mol. The normalized spacial score (nSPS) is 28.7. The van der Waals surface area contributed by atoms with E-state index < -0.39 is 0 Å². The lowest BCUT2D eigenvalue weighted by molar-refractivity contribution is 0.0888. The van der Waals surface area contributed by atoms with Crippen LogP contribution in [-0.4, -0.2) is 29.6 Å². The highest BCUT2D eigenvalue weighted by molar-refractivity contribution is 5.69. The van der Waals surface area contributed by atoms with E-state index >= 15 is 0 Å². The molecule has 4 heteroatoms. The van der Waals surface area contributed by atoms with Crippen LogP contribution in [-0.2, 0) is 11.3 Å². The molecule has 2 aliphatic rings. The van der Waals surface area contributed by atoms with Crippen molar-refractivity contribution in [1.82, 2.24) is 4.90 Å². The second-order valence-corrected chi connectivity index (χ2v) is 5.48. The summed E-state index contributed by atoms with van der Waals surface area (Å²) in [6.45, 7) is 1.02. The topological polar surface area (TPSA) is 55.6 Å². The average molecular weight is 260 g/mol. The predicted octanol–water partition coefficient (Wildman–Crippen LogP) is 2.13. The van der Waals surface area contributed by atoms with Gasteiger partial charge in [-0.3, -0.25) is 0 Å². The fraction of sp³-hybridized carbons (Fsp3) is 0.533. The van der Waals surface area contributed by atoms with Crippen molar-refractivity contribution in [3.63, 3.8) is 0 Å². The molecule has 2 heterocycles. The molecule has 2 fully saturated rings. The summed E-state index contributed by atoms with van der Waals surface area (Å²) in [5.41, 5.74) is 6.79. The summed E-state index contributed by atoms with van der Waals surface area (Å²) in [7, 11) is 0. The summed E-state index contributed by atoms with van der Waals surface area (Å²) in [6.07, 6.45) is 3.04. The van der Waals surface area contributed by atoms with Crippen LogP contribution in [0.3, 0.4) is 0 Å². The second-order valence-electron chi connectivity index (χ2n) is 5.48. The summed E-state index contributed by atoms with van der Waals surface area (Å²) < 4.78 is 5.43. The Hall–Kier alpha value is -1.55. The van der Waals surface area contributed by atoms with Gasteiger partial charge in [-0.25, -0.2) is 4.79 Å². The number of amides is 1. The van der Waals surface area contributed by atoms with Crippen molar-refractivity contribution in [2.45, 2.75) is 38.0 Å². The molecule has 2 bridgehead atoms. The van der Waals surface area contributed by atoms with Gasteiger partial charge in [0, 0.05) is 12.1 Å². The lowest BCUT2D eigenvalue weighted by atomic mass is 9.89. The summed E-state index contributed by atoms with van der Waals surface area (Å²) in [6, 6.07) is 10.4. The molecule has 2 saturated heterocycles. The maximum atomic E-state index is 12.2. The van der Waals surface area contributed by atoms with E-state index in [0.29, 0.717) is 31.2 Å². The molecule has 0 spiro atoms. The molecule has 102 valence electrons. The smallest absolute Gasteiger partial charge is 0.410 e. The Morgan fingerprint density at radius 3 is 2.79 bits per heavy atom. The van der Waals surface area contributed by atoms with Crippen molar-refractivity contribution in [3.8, 4) is 0 Å². The van der Waals surface area contributed by atoms with E-state index in [1.165, 1.54) is 0 Å². The summed E-state index contributed by atoms with van der Waals surface area (Å²) in [5.74, 6) is 0.461. The number of fused-ring (bicyclic) bond motifs is 2. The maximum absolute atomic E-state index is 12.2. The monoisotopic (exact) mass is 260 g/mol. The number of rotatable bonds is 3. The van der Waals surface area contributed by atoms with Crippen LogP contribution in [0.25, 0.3) is 0 Å². The van der Waals surface area contributed by atoms with Crippen LogP contribution in [0.4, 0.5) is 4.79 Å². The Balaban J connectivity index is 1.59. The van der Waals surface area contributed by atoms with Gasteiger partial charge in [0.2, 0.25) is 0 Å². The Kier molecular flexibility index (Phi) is 3.42. The largest absolute Gasteiger partial charge is 0.445 e. The van der Waals surface area contributed by atoms with Crippen molar-refractivity contribution in [2.75, 3.05) is 6.54 Å². The van der Waals surface area contributed by atoms with E-state index in [2.05, 4.69) is 0 Å². The van der Waals surface area contributed by atoms with Crippen LogP contribution >= 0.6 is 0 Å². The molecule has 4 nitrogen and oxygen atoms in total. The summed E-state index contributed by atoms with van der Waals surface area (Å²) >= 11 is 0. The number of carbonyl (C=O) groups excluding carboxylic acids is 1. The summed E-state index contributed by atoms with van der Waals surface area (Å²) in [5, 5.41) is 0. The number of nitrogens with zero attached hydrogens (tertiary/aromatic N) is 1. The molecule has 19 heavy (non-hydrogen) atoms. The molecule has 2 aliphatic heterocycles. The predicted molar refractivity (Wildman–Crippen MR) is 72.4 cm³/mol. The van der Waals surface area contributed by atoms with Gasteiger partial charge < -0.3 is 15.4 Å². The molecule has 2 N–H and O–H groups in total. The van der Waals surface area contributed by atoms with Gasteiger partial charge in [0.1, 0.15) is 6.61 Å². The Labute approximate surface area is 113 Å². The first kappa shape index (κ1) is 12.5. The van der Waals surface area contributed by atoms with E-state index in [1.54, 1.807) is 0 Å². The molecule has 3 rings (SSSR count). The van der Waals surface area contributed by atoms with Gasteiger partial charge in [-0.1, -0.05) is 30.3 Å². The maximum Gasteiger partial charge on any atom is 0.410 e. The zero-order chi connectivity index (χ0) is 13.2. The molecule has 1 aromatic carbocycles. The number of hydrogen-bond donors (Lipinski definition) is 1. The molecule has 3 unspecified atom stereocenters. The fourth-order valence-electron chi connectivity index (χ4n) is 3.44. The van der Waals surface area contributed by atoms with Crippen molar-refractivity contribution < 1.29 is 9.53 Å². The zero-order valence-corrected chi connectivity index (χ0v) is 11.0. The number of nitrogens with two attached hydrogens (primary N) is 1. The minimum Gasteiger partial charge on any atom is -0.445 e. The summed E-state index contributed by atoms with van der Waals surface area (Å²) in [4.78, 5) is 14.1. The first-order valence-electron chi connectivity index (χ1n) is 6.98. The lowest BCUT2D eigenvalue weighted by Crippen LogP contribution is -2.38. The van der Waals surface area contributed by atoms with Gasteiger partial charge in [-0.2, -0.15) is 0 Å². The molecule has 1 aromatic rings. The van der Waals surface area contributed by atoms with Crippen molar-refractivity contribution >= 4 is 6.09 Å². The second kappa shape index (κ2) is 5.21. The molecule has 0 aromatic heterocycles. The third-order valence-corrected chi connectivity index (χ3v) is 4.38. The van der Waals surface area contributed by atoms with Gasteiger partial charge in [-0.15, -0.1) is 0 Å². The first-order valence-corrected chi connectivity index (χ1v) is 6.98. The third-order valence-electron chi connectivity index (χ3n) is 4.38. The molecular formula is C15H20N2O2. The van der Waals surface area contributed by atoms with Crippen molar-refractivity contribution in [3.05, 3.63) is 35.9 Å². The number of hydrogen-bond acceptors (Lipinski definition) is 3. The van der Waals surface area contributed by atoms with Crippen LogP contribution in [0.1, 0.15) is 24.8 Å². The van der Waals surface area contributed by atoms with Crippen LogP contribution < -0.4 is 5.73 Å². The zero-order valence-electron chi connectivity index (χ0n) is 11.0. The van der Waals surface area contributed by atoms with E-state index in [9.17, 15) is 4.79 Å². The van der Waals surface area contributed by atoms with Gasteiger partial charge in [0.15, 0.2) is 0 Å². The highest BCUT2D eigenvalue weighted by atomic mass is 16.6. The highest BCUT2D eigenvalue weighted by Gasteiger charge is 2.48. The van der Waals surface area contributed by atoms with Gasteiger partial charge in [0.05, 0.1) is 0 Å². The minimum atomic E-state index is -0.174. The minimum absolute atomic E-state index is 0.174. The number of benzene rings is 1. The van der Waals surface area contributed by atoms with E-state index in [4.69, 9.17) is 10.5 Å². The fourth-order valence-corrected chi connectivity index (χ4v) is 3.44. The van der Waals surface area contributed by atoms with Crippen LogP contribution in [0.2, 0.25) is 0 Å². The lowest BCUT2D eigenvalue weighted by Gasteiger charge is -2.23. The molecule has 3 atom stereocenters. The Bertz CT molecular complexity index is 449. The standard InChI is InChI=1S/C15H20N2O2/c16-9-12-8-13-6-7-14(12)17(13)15(18)19-10-11-4-2-1-3-5-11/h1-5,12-14H,6-10,16H2. The van der Waals surface area contributed by atoms with Gasteiger partial charge in [0.25, 0.3) is 0 Å². The van der Waals surface area contributed by atoms with Crippen molar-refractivity contribution in [1.29, 1.82) is 0 Å². The Morgan fingerprint density at radius 1 is 1.32 bits per heavy atom. The quantitative estimate of drug-likeness (QED) is 0.905. The van der Waals surface area contributed by atoms with Crippen LogP contribution in [0, 0.1) is 5.92 Å². The first-order chi connectivity index (χ1) is 9.29. The number of carbonyl (C=O) groups is 1. The molecule has 0 aliphatic carbocycles. The van der Waals surface area contributed by atoms with E-state index in [1.807, 2.05) is 35.2 Å². The Morgan fingerprint density at radius 2 is 2.11 bits per heavy atom. The SMILES string of the molecule is NCC1CC2CCC1N2C(=O)OCc1ccccc1. The van der Waals surface area contributed by atoms with E-state index in [-0.39, 0.29) is 6.09 Å². The molecule has 0 radical (unpaired) electrons. The highest BCUT2D eigenvalue weighted by Crippen LogP contribution is 2.41. The van der Waals surface area contributed by atoms with Crippen molar-refractivity contribution in [2.24, 2.45) is 11.7 Å². The van der Waals surface area contributed by atoms with Gasteiger partial charge in [-0.05, 0) is 37.3 Å². The van der Waals surface area contributed by atoms with Crippen LogP contribution in [0.5, 0.6) is 0 Å². The molecule has 1 amide bonds. The van der Waals surface area contributed by atoms with Gasteiger partial charge >= 0.3 is 6.09 Å². The third kappa shape index (κ3) is 2.32. The molecule has 0 saturated carbocycles. The van der Waals surface area contributed by atoms with E-state index in [0.717, 1.165) is 24.8 Å².